The summed E-state index contributed by atoms with van der Waals surface area (Å²) in [5.74, 6) is 5.23. The minimum atomic E-state index is -0.249. The van der Waals surface area contributed by atoms with Crippen LogP contribution in [-0.2, 0) is 4.74 Å². The Balaban J connectivity index is 2.75. The van der Waals surface area contributed by atoms with Gasteiger partial charge in [0.2, 0.25) is 0 Å². The van der Waals surface area contributed by atoms with Gasteiger partial charge in [-0.05, 0) is 38.0 Å². The summed E-state index contributed by atoms with van der Waals surface area (Å²) in [6.07, 6.45) is 1.68. The molecular weight excluding hydrogens is 287 g/mol. The van der Waals surface area contributed by atoms with Crippen molar-refractivity contribution < 1.29 is 9.13 Å². The predicted octanol–water partition coefficient (Wildman–Crippen LogP) is 2.91. The highest BCUT2D eigenvalue weighted by molar-refractivity contribution is 9.10. The molecule has 0 amide bonds. The van der Waals surface area contributed by atoms with Crippen molar-refractivity contribution >= 4 is 15.9 Å². The van der Waals surface area contributed by atoms with Crippen molar-refractivity contribution in [3.63, 3.8) is 0 Å². The lowest BCUT2D eigenvalue weighted by Gasteiger charge is -2.19. The average Bonchev–Trinajstić information content (AvgIpc) is 2.33. The quantitative estimate of drug-likeness (QED) is 0.627. The number of nitrogens with two attached hydrogens (primary N) is 1. The van der Waals surface area contributed by atoms with Crippen LogP contribution in [0.1, 0.15) is 31.4 Å². The molecule has 1 aromatic carbocycles. The van der Waals surface area contributed by atoms with Crippen molar-refractivity contribution in [2.24, 2.45) is 5.84 Å². The zero-order valence-electron chi connectivity index (χ0n) is 10.0. The Morgan fingerprint density at radius 2 is 2.18 bits per heavy atom. The van der Waals surface area contributed by atoms with Crippen LogP contribution in [0.15, 0.2) is 22.7 Å². The number of hydrogen-bond donors (Lipinski definition) is 2. The van der Waals surface area contributed by atoms with Gasteiger partial charge >= 0.3 is 0 Å². The number of hydrazine groups is 1. The minimum absolute atomic E-state index is 0.140. The lowest BCUT2D eigenvalue weighted by molar-refractivity contribution is 0.106. The van der Waals surface area contributed by atoms with Gasteiger partial charge in [-0.3, -0.25) is 11.3 Å². The van der Waals surface area contributed by atoms with E-state index in [1.807, 2.05) is 6.92 Å². The molecular formula is C12H18BrFN2O. The summed E-state index contributed by atoms with van der Waals surface area (Å²) in [6, 6.07) is 4.65. The van der Waals surface area contributed by atoms with Crippen LogP contribution in [0.5, 0.6) is 0 Å². The van der Waals surface area contributed by atoms with E-state index in [1.165, 1.54) is 6.07 Å². The van der Waals surface area contributed by atoms with Gasteiger partial charge < -0.3 is 4.74 Å². The molecule has 0 aliphatic heterocycles. The molecule has 1 rings (SSSR count). The number of halogens is 2. The Morgan fingerprint density at radius 1 is 1.47 bits per heavy atom. The molecule has 0 saturated carbocycles. The Labute approximate surface area is 110 Å². The van der Waals surface area contributed by atoms with Crippen LogP contribution in [0.25, 0.3) is 0 Å². The summed E-state index contributed by atoms with van der Waals surface area (Å²) in [6.45, 7) is 1.98. The fraction of sp³-hybridized carbons (Fsp3) is 0.500. The number of hydrogen-bond acceptors (Lipinski definition) is 3. The second-order valence-corrected chi connectivity index (χ2v) is 4.92. The van der Waals surface area contributed by atoms with Gasteiger partial charge in [-0.25, -0.2) is 4.39 Å². The molecule has 0 heterocycles. The molecule has 0 aliphatic carbocycles. The topological polar surface area (TPSA) is 47.3 Å². The number of benzene rings is 1. The van der Waals surface area contributed by atoms with Gasteiger partial charge in [-0.2, -0.15) is 0 Å². The highest BCUT2D eigenvalue weighted by atomic mass is 79.9. The summed E-state index contributed by atoms with van der Waals surface area (Å²) in [5.41, 5.74) is 3.22. The summed E-state index contributed by atoms with van der Waals surface area (Å²) in [4.78, 5) is 0. The van der Waals surface area contributed by atoms with E-state index in [-0.39, 0.29) is 18.0 Å². The van der Waals surface area contributed by atoms with Crippen LogP contribution in [0, 0.1) is 5.82 Å². The van der Waals surface area contributed by atoms with Crippen LogP contribution in [-0.4, -0.2) is 13.2 Å². The maximum absolute atomic E-state index is 13.7. The third-order valence-electron chi connectivity index (χ3n) is 2.80. The van der Waals surface area contributed by atoms with E-state index in [0.29, 0.717) is 5.56 Å². The Hall–Kier alpha value is -0.490. The van der Waals surface area contributed by atoms with Crippen LogP contribution in [0.2, 0.25) is 0 Å². The molecule has 0 bridgehead atoms. The molecule has 5 heteroatoms. The van der Waals surface area contributed by atoms with Crippen LogP contribution < -0.4 is 11.3 Å². The van der Waals surface area contributed by atoms with E-state index >= 15 is 0 Å². The van der Waals surface area contributed by atoms with Crippen molar-refractivity contribution in [2.45, 2.75) is 31.9 Å². The number of nitrogens with one attached hydrogen (secondary N) is 1. The maximum atomic E-state index is 13.7. The monoisotopic (exact) mass is 304 g/mol. The van der Waals surface area contributed by atoms with Gasteiger partial charge in [0.25, 0.3) is 0 Å². The molecule has 0 radical (unpaired) electrons. The van der Waals surface area contributed by atoms with Gasteiger partial charge in [0, 0.05) is 23.2 Å². The first kappa shape index (κ1) is 14.6. The van der Waals surface area contributed by atoms with Crippen LogP contribution >= 0.6 is 15.9 Å². The van der Waals surface area contributed by atoms with E-state index in [9.17, 15) is 4.39 Å². The zero-order chi connectivity index (χ0) is 12.8. The van der Waals surface area contributed by atoms with E-state index in [0.717, 1.165) is 17.3 Å². The fourth-order valence-corrected chi connectivity index (χ4v) is 2.01. The third-order valence-corrected chi connectivity index (χ3v) is 3.29. The molecule has 0 aromatic heterocycles. The normalized spacial score (nSPS) is 14.6. The molecule has 0 fully saturated rings. The van der Waals surface area contributed by atoms with Crippen LogP contribution in [0.3, 0.4) is 0 Å². The SMILES string of the molecule is COC(C)CCC(NN)c1cc(Br)ccc1F. The van der Waals surface area contributed by atoms with Crippen molar-refractivity contribution in [1.82, 2.24) is 5.43 Å². The summed E-state index contributed by atoms with van der Waals surface area (Å²) in [5, 5.41) is 0. The molecule has 2 unspecified atom stereocenters. The Bertz CT molecular complexity index is 362. The van der Waals surface area contributed by atoms with Gasteiger partial charge in [0.15, 0.2) is 0 Å². The molecule has 0 spiro atoms. The molecule has 3 nitrogen and oxygen atoms in total. The first-order valence-electron chi connectivity index (χ1n) is 5.52. The van der Waals surface area contributed by atoms with Crippen molar-refractivity contribution in [2.75, 3.05) is 7.11 Å². The third kappa shape index (κ3) is 4.35. The standard InChI is InChI=1S/C12H18BrFN2O/c1-8(17-2)3-6-12(16-15)10-7-9(13)4-5-11(10)14/h4-5,7-8,12,16H,3,6,15H2,1-2H3. The van der Waals surface area contributed by atoms with E-state index in [4.69, 9.17) is 10.6 Å². The Morgan fingerprint density at radius 3 is 2.76 bits per heavy atom. The van der Waals surface area contributed by atoms with Crippen molar-refractivity contribution in [1.29, 1.82) is 0 Å². The fourth-order valence-electron chi connectivity index (χ4n) is 1.63. The maximum Gasteiger partial charge on any atom is 0.128 e. The summed E-state index contributed by atoms with van der Waals surface area (Å²) in [7, 11) is 1.66. The molecule has 2 atom stereocenters. The molecule has 0 aliphatic rings. The van der Waals surface area contributed by atoms with E-state index < -0.39 is 0 Å². The minimum Gasteiger partial charge on any atom is -0.382 e. The molecule has 1 aromatic rings. The lowest BCUT2D eigenvalue weighted by Crippen LogP contribution is -2.29. The van der Waals surface area contributed by atoms with Gasteiger partial charge in [0.05, 0.1) is 6.10 Å². The van der Waals surface area contributed by atoms with E-state index in [1.54, 1.807) is 19.2 Å². The van der Waals surface area contributed by atoms with E-state index in [2.05, 4.69) is 21.4 Å². The van der Waals surface area contributed by atoms with Gasteiger partial charge in [-0.15, -0.1) is 0 Å². The predicted molar refractivity (Wildman–Crippen MR) is 69.9 cm³/mol. The smallest absolute Gasteiger partial charge is 0.128 e. The molecule has 3 N–H and O–H groups in total. The molecule has 17 heavy (non-hydrogen) atoms. The molecule has 96 valence electrons. The zero-order valence-corrected chi connectivity index (χ0v) is 11.6. The van der Waals surface area contributed by atoms with Crippen molar-refractivity contribution in [3.05, 3.63) is 34.1 Å². The molecule has 0 saturated heterocycles. The lowest BCUT2D eigenvalue weighted by atomic mass is 10.0. The van der Waals surface area contributed by atoms with Crippen LogP contribution in [0.4, 0.5) is 4.39 Å². The van der Waals surface area contributed by atoms with Gasteiger partial charge in [-0.1, -0.05) is 15.9 Å². The first-order chi connectivity index (χ1) is 8.08. The second kappa shape index (κ2) is 7.06. The van der Waals surface area contributed by atoms with Gasteiger partial charge in [0.1, 0.15) is 5.82 Å². The number of ether oxygens (including phenoxy) is 1. The highest BCUT2D eigenvalue weighted by Gasteiger charge is 2.15. The number of rotatable bonds is 6. The average molecular weight is 305 g/mol. The highest BCUT2D eigenvalue weighted by Crippen LogP contribution is 2.25. The summed E-state index contributed by atoms with van der Waals surface area (Å²) < 4.78 is 19.7. The second-order valence-electron chi connectivity index (χ2n) is 4.01. The number of methoxy groups -OCH3 is 1. The first-order valence-corrected chi connectivity index (χ1v) is 6.31. The summed E-state index contributed by atoms with van der Waals surface area (Å²) >= 11 is 3.33. The Kier molecular flexibility index (Phi) is 6.05. The van der Waals surface area contributed by atoms with Crippen molar-refractivity contribution in [3.8, 4) is 0 Å². The largest absolute Gasteiger partial charge is 0.382 e.